The van der Waals surface area contributed by atoms with E-state index in [4.69, 9.17) is 5.26 Å². The Morgan fingerprint density at radius 1 is 1.47 bits per heavy atom. The van der Waals surface area contributed by atoms with Crippen molar-refractivity contribution in [2.45, 2.75) is 13.1 Å². The summed E-state index contributed by atoms with van der Waals surface area (Å²) in [5.74, 6) is 0. The van der Waals surface area contributed by atoms with Crippen molar-refractivity contribution < 1.29 is 0 Å². The largest absolute Gasteiger partial charge is 0.333 e. The van der Waals surface area contributed by atoms with Gasteiger partial charge < -0.3 is 9.88 Å². The molecule has 4 heteroatoms. The molecule has 1 aromatic heterocycles. The zero-order valence-corrected chi connectivity index (χ0v) is 9.72. The monoisotopic (exact) mass is 226 g/mol. The van der Waals surface area contributed by atoms with Gasteiger partial charge in [0.1, 0.15) is 0 Å². The van der Waals surface area contributed by atoms with Crippen LogP contribution in [-0.4, -0.2) is 16.6 Å². The highest BCUT2D eigenvalue weighted by Gasteiger charge is 1.99. The molecule has 2 rings (SSSR count). The van der Waals surface area contributed by atoms with E-state index in [-0.39, 0.29) is 0 Å². The van der Waals surface area contributed by atoms with E-state index < -0.39 is 0 Å². The molecule has 0 saturated heterocycles. The van der Waals surface area contributed by atoms with Gasteiger partial charge in [-0.3, -0.25) is 0 Å². The van der Waals surface area contributed by atoms with Crippen LogP contribution in [0, 0.1) is 11.3 Å². The second-order valence-electron chi connectivity index (χ2n) is 3.88. The maximum atomic E-state index is 8.82. The quantitative estimate of drug-likeness (QED) is 0.860. The fourth-order valence-corrected chi connectivity index (χ4v) is 1.72. The van der Waals surface area contributed by atoms with Crippen LogP contribution in [-0.2, 0) is 13.1 Å². The van der Waals surface area contributed by atoms with Crippen LogP contribution >= 0.6 is 0 Å². The van der Waals surface area contributed by atoms with Crippen molar-refractivity contribution in [1.82, 2.24) is 14.9 Å². The summed E-state index contributed by atoms with van der Waals surface area (Å²) in [6, 6.07) is 9.77. The van der Waals surface area contributed by atoms with Crippen molar-refractivity contribution in [2.24, 2.45) is 0 Å². The molecule has 2 aromatic rings. The third-order valence-electron chi connectivity index (χ3n) is 2.47. The van der Waals surface area contributed by atoms with Crippen LogP contribution in [0.5, 0.6) is 0 Å². The Bertz CT molecular complexity index is 536. The molecule has 1 heterocycles. The second-order valence-corrected chi connectivity index (χ2v) is 3.88. The normalized spacial score (nSPS) is 10.1. The zero-order chi connectivity index (χ0) is 12.1. The summed E-state index contributed by atoms with van der Waals surface area (Å²) < 4.78 is 2.02. The van der Waals surface area contributed by atoms with Gasteiger partial charge in [-0.15, -0.1) is 0 Å². The molecule has 0 bridgehead atoms. The van der Waals surface area contributed by atoms with Gasteiger partial charge in [0.2, 0.25) is 0 Å². The van der Waals surface area contributed by atoms with Gasteiger partial charge >= 0.3 is 0 Å². The summed E-state index contributed by atoms with van der Waals surface area (Å²) in [7, 11) is 1.90. The SMILES string of the molecule is CNCc1cn(Cc2cccc(C#N)c2)cn1. The first kappa shape index (κ1) is 11.4. The van der Waals surface area contributed by atoms with Crippen LogP contribution in [0.25, 0.3) is 0 Å². The number of nitrogens with one attached hydrogen (secondary N) is 1. The van der Waals surface area contributed by atoms with Crippen molar-refractivity contribution in [3.63, 3.8) is 0 Å². The predicted octanol–water partition coefficient (Wildman–Crippen LogP) is 1.52. The highest BCUT2D eigenvalue weighted by atomic mass is 15.0. The van der Waals surface area contributed by atoms with E-state index in [2.05, 4.69) is 16.4 Å². The Labute approximate surface area is 101 Å². The predicted molar refractivity (Wildman–Crippen MR) is 65.2 cm³/mol. The molecule has 0 radical (unpaired) electrons. The van der Waals surface area contributed by atoms with Crippen LogP contribution in [0.1, 0.15) is 16.8 Å². The van der Waals surface area contributed by atoms with E-state index in [0.717, 1.165) is 24.3 Å². The Hall–Kier alpha value is -2.12. The molecule has 0 spiro atoms. The van der Waals surface area contributed by atoms with Crippen LogP contribution in [0.3, 0.4) is 0 Å². The molecule has 1 N–H and O–H groups in total. The van der Waals surface area contributed by atoms with Gasteiger partial charge in [-0.1, -0.05) is 12.1 Å². The van der Waals surface area contributed by atoms with Gasteiger partial charge in [-0.05, 0) is 24.7 Å². The smallest absolute Gasteiger partial charge is 0.0991 e. The molecular weight excluding hydrogens is 212 g/mol. The van der Waals surface area contributed by atoms with Crippen LogP contribution < -0.4 is 5.32 Å². The number of aromatic nitrogens is 2. The fourth-order valence-electron chi connectivity index (χ4n) is 1.72. The highest BCUT2D eigenvalue weighted by Crippen LogP contribution is 2.07. The van der Waals surface area contributed by atoms with Crippen molar-refractivity contribution >= 4 is 0 Å². The van der Waals surface area contributed by atoms with Crippen molar-refractivity contribution in [1.29, 1.82) is 5.26 Å². The molecule has 4 nitrogen and oxygen atoms in total. The third-order valence-corrected chi connectivity index (χ3v) is 2.47. The van der Waals surface area contributed by atoms with Crippen LogP contribution in [0.15, 0.2) is 36.8 Å². The molecule has 0 saturated carbocycles. The lowest BCUT2D eigenvalue weighted by molar-refractivity contribution is 0.782. The maximum Gasteiger partial charge on any atom is 0.0991 e. The van der Waals surface area contributed by atoms with E-state index >= 15 is 0 Å². The molecule has 0 aliphatic heterocycles. The lowest BCUT2D eigenvalue weighted by atomic mass is 10.1. The molecule has 0 aliphatic carbocycles. The summed E-state index contributed by atoms with van der Waals surface area (Å²) in [4.78, 5) is 4.28. The number of nitriles is 1. The number of nitrogens with zero attached hydrogens (tertiary/aromatic N) is 3. The van der Waals surface area contributed by atoms with E-state index in [0.29, 0.717) is 5.56 Å². The molecule has 17 heavy (non-hydrogen) atoms. The lowest BCUT2D eigenvalue weighted by Gasteiger charge is -2.02. The lowest BCUT2D eigenvalue weighted by Crippen LogP contribution is -2.05. The zero-order valence-electron chi connectivity index (χ0n) is 9.72. The summed E-state index contributed by atoms with van der Waals surface area (Å²) >= 11 is 0. The van der Waals surface area contributed by atoms with Crippen molar-refractivity contribution in [3.8, 4) is 6.07 Å². The number of rotatable bonds is 4. The van der Waals surface area contributed by atoms with E-state index in [1.807, 2.05) is 48.4 Å². The van der Waals surface area contributed by atoms with Gasteiger partial charge in [0, 0.05) is 19.3 Å². The first-order valence-electron chi connectivity index (χ1n) is 5.46. The number of hydrogen-bond donors (Lipinski definition) is 1. The number of benzene rings is 1. The number of imidazole rings is 1. The third kappa shape index (κ3) is 2.92. The minimum Gasteiger partial charge on any atom is -0.333 e. The van der Waals surface area contributed by atoms with Gasteiger partial charge in [0.05, 0.1) is 23.7 Å². The summed E-state index contributed by atoms with van der Waals surface area (Å²) in [5, 5.41) is 11.9. The Morgan fingerprint density at radius 2 is 2.35 bits per heavy atom. The van der Waals surface area contributed by atoms with E-state index in [1.165, 1.54) is 0 Å². The maximum absolute atomic E-state index is 8.82. The minimum atomic E-state index is 0.693. The molecule has 86 valence electrons. The molecule has 0 aliphatic rings. The average molecular weight is 226 g/mol. The van der Waals surface area contributed by atoms with Gasteiger partial charge in [-0.2, -0.15) is 5.26 Å². The van der Waals surface area contributed by atoms with E-state index in [9.17, 15) is 0 Å². The molecule has 1 aromatic carbocycles. The Kier molecular flexibility index (Phi) is 3.53. The van der Waals surface area contributed by atoms with Crippen LogP contribution in [0.4, 0.5) is 0 Å². The molecule has 0 unspecified atom stereocenters. The van der Waals surface area contributed by atoms with Crippen LogP contribution in [0.2, 0.25) is 0 Å². The highest BCUT2D eigenvalue weighted by molar-refractivity contribution is 5.32. The molecule has 0 fully saturated rings. The Balaban J connectivity index is 2.11. The summed E-state index contributed by atoms with van der Waals surface area (Å²) in [6.45, 7) is 1.51. The second kappa shape index (κ2) is 5.28. The fraction of sp³-hybridized carbons (Fsp3) is 0.231. The summed E-state index contributed by atoms with van der Waals surface area (Å²) in [6.07, 6.45) is 3.82. The topological polar surface area (TPSA) is 53.6 Å². The molecular formula is C13H14N4. The molecule has 0 amide bonds. The standard InChI is InChI=1S/C13H14N4/c1-15-7-13-9-17(10-16-13)8-12-4-2-3-11(5-12)6-14/h2-5,9-10,15H,7-8H2,1H3. The molecule has 0 atom stereocenters. The number of hydrogen-bond acceptors (Lipinski definition) is 3. The van der Waals surface area contributed by atoms with Gasteiger partial charge in [0.15, 0.2) is 0 Å². The Morgan fingerprint density at radius 3 is 3.12 bits per heavy atom. The summed E-state index contributed by atoms with van der Waals surface area (Å²) in [5.41, 5.74) is 2.82. The van der Waals surface area contributed by atoms with E-state index in [1.54, 1.807) is 0 Å². The first-order valence-corrected chi connectivity index (χ1v) is 5.46. The van der Waals surface area contributed by atoms with Crippen molar-refractivity contribution in [3.05, 3.63) is 53.6 Å². The van der Waals surface area contributed by atoms with Gasteiger partial charge in [0.25, 0.3) is 0 Å². The first-order chi connectivity index (χ1) is 8.31. The van der Waals surface area contributed by atoms with Crippen molar-refractivity contribution in [2.75, 3.05) is 7.05 Å². The average Bonchev–Trinajstić information content (AvgIpc) is 2.77. The minimum absolute atomic E-state index is 0.693. The van der Waals surface area contributed by atoms with Gasteiger partial charge in [-0.25, -0.2) is 4.98 Å².